The summed E-state index contributed by atoms with van der Waals surface area (Å²) < 4.78 is 4.85. The largest absolute Gasteiger partial charge is 0.340 e. The molecule has 1 heterocycles. The molecule has 1 aromatic rings. The average Bonchev–Trinajstić information content (AvgIpc) is 2.50. The van der Waals surface area contributed by atoms with Gasteiger partial charge in [0.25, 0.3) is 0 Å². The fourth-order valence-corrected chi connectivity index (χ4v) is 1.01. The van der Waals surface area contributed by atoms with Gasteiger partial charge in [0.1, 0.15) is 0 Å². The molecule has 0 bridgehead atoms. The van der Waals surface area contributed by atoms with E-state index in [1.807, 2.05) is 0 Å². The first-order chi connectivity index (χ1) is 5.43. The summed E-state index contributed by atoms with van der Waals surface area (Å²) in [6.07, 6.45) is 7.38. The van der Waals surface area contributed by atoms with Crippen LogP contribution in [0.2, 0.25) is 0 Å². The Balaban J connectivity index is 2.04. The van der Waals surface area contributed by atoms with Gasteiger partial charge < -0.3 is 4.52 Å². The Hall–Kier alpha value is -0.860. The average molecular weight is 154 g/mol. The van der Waals surface area contributed by atoms with Gasteiger partial charge in [-0.25, -0.2) is 0 Å². The van der Waals surface area contributed by atoms with Crippen LogP contribution in [0, 0.1) is 0 Å². The van der Waals surface area contributed by atoms with E-state index in [9.17, 15) is 0 Å². The van der Waals surface area contributed by atoms with Crippen LogP contribution in [0.5, 0.6) is 0 Å². The van der Waals surface area contributed by atoms with E-state index in [1.165, 1.54) is 25.6 Å². The fourth-order valence-electron chi connectivity index (χ4n) is 1.01. The minimum absolute atomic E-state index is 0.765. The van der Waals surface area contributed by atoms with Crippen molar-refractivity contribution in [2.45, 2.75) is 39.0 Å². The topological polar surface area (TPSA) is 38.9 Å². The van der Waals surface area contributed by atoms with Gasteiger partial charge in [-0.15, -0.1) is 0 Å². The molecule has 1 rings (SSSR count). The molecule has 0 spiro atoms. The Morgan fingerprint density at radius 1 is 1.36 bits per heavy atom. The Labute approximate surface area is 66.8 Å². The molecule has 62 valence electrons. The van der Waals surface area contributed by atoms with E-state index >= 15 is 0 Å². The van der Waals surface area contributed by atoms with E-state index in [2.05, 4.69) is 17.1 Å². The van der Waals surface area contributed by atoms with E-state index in [4.69, 9.17) is 4.52 Å². The fraction of sp³-hybridized carbons (Fsp3) is 0.750. The molecule has 1 aromatic heterocycles. The lowest BCUT2D eigenvalue weighted by Crippen LogP contribution is -1.84. The zero-order chi connectivity index (χ0) is 7.94. The molecule has 11 heavy (non-hydrogen) atoms. The van der Waals surface area contributed by atoms with Crippen molar-refractivity contribution < 1.29 is 4.52 Å². The normalized spacial score (nSPS) is 10.3. The molecule has 0 saturated heterocycles. The highest BCUT2D eigenvalue weighted by atomic mass is 16.5. The van der Waals surface area contributed by atoms with Crippen LogP contribution in [-0.2, 0) is 6.42 Å². The standard InChI is InChI=1S/C8H14N2O/c1-2-3-4-5-6-8-9-7-10-11-8/h7H,2-6H2,1H3. The molecule has 0 N–H and O–H groups in total. The van der Waals surface area contributed by atoms with Crippen molar-refractivity contribution in [2.75, 3.05) is 0 Å². The van der Waals surface area contributed by atoms with Gasteiger partial charge >= 0.3 is 0 Å². The minimum Gasteiger partial charge on any atom is -0.340 e. The number of nitrogens with zero attached hydrogens (tertiary/aromatic N) is 2. The predicted molar refractivity (Wildman–Crippen MR) is 42.1 cm³/mol. The molecule has 0 fully saturated rings. The third-order valence-electron chi connectivity index (χ3n) is 1.65. The number of aryl methyl sites for hydroxylation is 1. The number of aromatic nitrogens is 2. The Morgan fingerprint density at radius 2 is 2.27 bits per heavy atom. The maximum Gasteiger partial charge on any atom is 0.226 e. The van der Waals surface area contributed by atoms with Crippen LogP contribution >= 0.6 is 0 Å². The quantitative estimate of drug-likeness (QED) is 0.610. The van der Waals surface area contributed by atoms with Crippen molar-refractivity contribution in [1.29, 1.82) is 0 Å². The molecule has 0 aliphatic heterocycles. The summed E-state index contributed by atoms with van der Waals surface area (Å²) >= 11 is 0. The van der Waals surface area contributed by atoms with Gasteiger partial charge in [0.15, 0.2) is 6.33 Å². The van der Waals surface area contributed by atoms with Crippen LogP contribution in [0.1, 0.15) is 38.5 Å². The molecular formula is C8H14N2O. The molecule has 3 nitrogen and oxygen atoms in total. The molecule has 3 heteroatoms. The SMILES string of the molecule is CCCCCCc1ncno1. The van der Waals surface area contributed by atoms with Crippen molar-refractivity contribution in [3.8, 4) is 0 Å². The van der Waals surface area contributed by atoms with Gasteiger partial charge in [-0.1, -0.05) is 31.3 Å². The summed E-state index contributed by atoms with van der Waals surface area (Å²) in [6.45, 7) is 2.20. The summed E-state index contributed by atoms with van der Waals surface area (Å²) in [5, 5.41) is 3.53. The highest BCUT2D eigenvalue weighted by Gasteiger charge is 1.96. The zero-order valence-electron chi connectivity index (χ0n) is 6.92. The van der Waals surface area contributed by atoms with Crippen molar-refractivity contribution in [3.63, 3.8) is 0 Å². The number of hydrogen-bond donors (Lipinski definition) is 0. The van der Waals surface area contributed by atoms with E-state index in [-0.39, 0.29) is 0 Å². The van der Waals surface area contributed by atoms with Crippen LogP contribution in [0.3, 0.4) is 0 Å². The molecule has 0 radical (unpaired) electrons. The summed E-state index contributed by atoms with van der Waals surface area (Å²) in [4.78, 5) is 3.94. The third kappa shape index (κ3) is 3.16. The molecule has 0 aliphatic rings. The Morgan fingerprint density at radius 3 is 2.91 bits per heavy atom. The van der Waals surface area contributed by atoms with E-state index in [1.54, 1.807) is 0 Å². The molecular weight excluding hydrogens is 140 g/mol. The Kier molecular flexibility index (Phi) is 3.65. The van der Waals surface area contributed by atoms with Gasteiger partial charge in [-0.2, -0.15) is 4.98 Å². The Bertz CT molecular complexity index is 172. The lowest BCUT2D eigenvalue weighted by Gasteiger charge is -1.93. The van der Waals surface area contributed by atoms with Crippen LogP contribution in [0.4, 0.5) is 0 Å². The molecule has 0 atom stereocenters. The van der Waals surface area contributed by atoms with Gasteiger partial charge in [-0.05, 0) is 6.42 Å². The zero-order valence-corrected chi connectivity index (χ0v) is 6.92. The first-order valence-electron chi connectivity index (χ1n) is 4.19. The molecule has 0 saturated carbocycles. The van der Waals surface area contributed by atoms with Crippen LogP contribution in [0.25, 0.3) is 0 Å². The van der Waals surface area contributed by atoms with Crippen LogP contribution in [-0.4, -0.2) is 10.1 Å². The smallest absolute Gasteiger partial charge is 0.226 e. The van der Waals surface area contributed by atoms with Crippen LogP contribution in [0.15, 0.2) is 10.9 Å². The van der Waals surface area contributed by atoms with Gasteiger partial charge in [0.05, 0.1) is 0 Å². The van der Waals surface area contributed by atoms with Crippen LogP contribution < -0.4 is 0 Å². The third-order valence-corrected chi connectivity index (χ3v) is 1.65. The minimum atomic E-state index is 0.765. The van der Waals surface area contributed by atoms with Gasteiger partial charge in [-0.3, -0.25) is 0 Å². The maximum absolute atomic E-state index is 4.85. The molecule has 0 unspecified atom stereocenters. The first kappa shape index (κ1) is 8.24. The lowest BCUT2D eigenvalue weighted by atomic mass is 10.1. The molecule has 0 aliphatic carbocycles. The lowest BCUT2D eigenvalue weighted by molar-refractivity contribution is 0.372. The van der Waals surface area contributed by atoms with Crippen molar-refractivity contribution in [2.24, 2.45) is 0 Å². The van der Waals surface area contributed by atoms with Gasteiger partial charge in [0.2, 0.25) is 5.89 Å². The highest BCUT2D eigenvalue weighted by Crippen LogP contribution is 2.03. The number of hydrogen-bond acceptors (Lipinski definition) is 3. The van der Waals surface area contributed by atoms with Crippen molar-refractivity contribution >= 4 is 0 Å². The van der Waals surface area contributed by atoms with Crippen molar-refractivity contribution in [1.82, 2.24) is 10.1 Å². The number of rotatable bonds is 5. The summed E-state index contributed by atoms with van der Waals surface area (Å²) in [7, 11) is 0. The van der Waals surface area contributed by atoms with Gasteiger partial charge in [0, 0.05) is 6.42 Å². The second-order valence-electron chi connectivity index (χ2n) is 2.65. The first-order valence-corrected chi connectivity index (χ1v) is 4.19. The van der Waals surface area contributed by atoms with Crippen molar-refractivity contribution in [3.05, 3.63) is 12.2 Å². The monoisotopic (exact) mass is 154 g/mol. The number of unbranched alkanes of at least 4 members (excludes halogenated alkanes) is 3. The van der Waals surface area contributed by atoms with E-state index < -0.39 is 0 Å². The molecule has 0 aromatic carbocycles. The molecule has 0 amide bonds. The predicted octanol–water partition coefficient (Wildman–Crippen LogP) is 2.19. The summed E-state index contributed by atoms with van der Waals surface area (Å²) in [5.41, 5.74) is 0. The highest BCUT2D eigenvalue weighted by molar-refractivity contribution is 4.73. The van der Waals surface area contributed by atoms with E-state index in [0.717, 1.165) is 18.7 Å². The second kappa shape index (κ2) is 4.88. The summed E-state index contributed by atoms with van der Waals surface area (Å²) in [5.74, 6) is 0.765. The maximum atomic E-state index is 4.85. The second-order valence-corrected chi connectivity index (χ2v) is 2.65. The summed E-state index contributed by atoms with van der Waals surface area (Å²) in [6, 6.07) is 0. The van der Waals surface area contributed by atoms with E-state index in [0.29, 0.717) is 0 Å².